The Kier molecular flexibility index (Phi) is 2.27. The van der Waals surface area contributed by atoms with E-state index in [4.69, 9.17) is 10.8 Å². The summed E-state index contributed by atoms with van der Waals surface area (Å²) in [6, 6.07) is 0. The third-order valence-corrected chi connectivity index (χ3v) is 2.29. The molecule has 0 radical (unpaired) electrons. The number of rotatable bonds is 3. The van der Waals surface area contributed by atoms with Gasteiger partial charge in [0.15, 0.2) is 0 Å². The maximum Gasteiger partial charge on any atom is 0.308 e. The molecule has 0 bridgehead atoms. The van der Waals surface area contributed by atoms with Gasteiger partial charge >= 0.3 is 5.97 Å². The lowest BCUT2D eigenvalue weighted by Crippen LogP contribution is -2.34. The quantitative estimate of drug-likeness (QED) is 0.602. The molecule has 1 unspecified atom stereocenters. The van der Waals surface area contributed by atoms with Crippen LogP contribution >= 0.6 is 0 Å². The first-order chi connectivity index (χ1) is 4.75. The topological polar surface area (TPSA) is 63.3 Å². The number of nitrogens with two attached hydrogens (primary N) is 1. The number of carboxylic acid groups (broad SMARTS) is 1. The van der Waals surface area contributed by atoms with Gasteiger partial charge in [-0.1, -0.05) is 6.42 Å². The molecule has 58 valence electrons. The average molecular weight is 143 g/mol. The van der Waals surface area contributed by atoms with Crippen molar-refractivity contribution in [1.82, 2.24) is 0 Å². The summed E-state index contributed by atoms with van der Waals surface area (Å²) in [7, 11) is 0. The van der Waals surface area contributed by atoms with Crippen molar-refractivity contribution >= 4 is 5.97 Å². The predicted octanol–water partition coefficient (Wildman–Crippen LogP) is 0.446. The monoisotopic (exact) mass is 143 g/mol. The Labute approximate surface area is 60.2 Å². The first kappa shape index (κ1) is 7.54. The first-order valence-electron chi connectivity index (χ1n) is 3.68. The largest absolute Gasteiger partial charge is 0.481 e. The summed E-state index contributed by atoms with van der Waals surface area (Å²) in [5.41, 5.74) is 5.30. The summed E-state index contributed by atoms with van der Waals surface area (Å²) in [5, 5.41) is 8.63. The summed E-state index contributed by atoms with van der Waals surface area (Å²) in [6.45, 7) is 0.292. The normalized spacial score (nSPS) is 21.7. The van der Waals surface area contributed by atoms with Crippen molar-refractivity contribution in [3.8, 4) is 0 Å². The van der Waals surface area contributed by atoms with Crippen molar-refractivity contribution in [3.63, 3.8) is 0 Å². The van der Waals surface area contributed by atoms with Gasteiger partial charge in [0.25, 0.3) is 0 Å². The fourth-order valence-electron chi connectivity index (χ4n) is 1.34. The maximum absolute atomic E-state index is 10.5. The van der Waals surface area contributed by atoms with Crippen LogP contribution in [0, 0.1) is 11.8 Å². The van der Waals surface area contributed by atoms with E-state index in [0.717, 1.165) is 12.8 Å². The molecule has 0 aromatic carbocycles. The fourth-order valence-corrected chi connectivity index (χ4v) is 1.34. The van der Waals surface area contributed by atoms with Gasteiger partial charge in [-0.3, -0.25) is 4.79 Å². The van der Waals surface area contributed by atoms with Gasteiger partial charge in [0.05, 0.1) is 5.92 Å². The van der Waals surface area contributed by atoms with Crippen molar-refractivity contribution in [2.75, 3.05) is 6.54 Å². The van der Waals surface area contributed by atoms with Crippen LogP contribution in [0.3, 0.4) is 0 Å². The molecule has 0 amide bonds. The summed E-state index contributed by atoms with van der Waals surface area (Å²) in [5.74, 6) is -0.650. The van der Waals surface area contributed by atoms with E-state index in [1.165, 1.54) is 6.42 Å². The van der Waals surface area contributed by atoms with Gasteiger partial charge < -0.3 is 10.8 Å². The number of hydrogen-bond acceptors (Lipinski definition) is 2. The van der Waals surface area contributed by atoms with Crippen LogP contribution in [0.2, 0.25) is 0 Å². The molecule has 0 aromatic heterocycles. The number of aliphatic carboxylic acids is 1. The lowest BCUT2D eigenvalue weighted by Gasteiger charge is -2.30. The van der Waals surface area contributed by atoms with Crippen molar-refractivity contribution in [1.29, 1.82) is 0 Å². The zero-order valence-corrected chi connectivity index (χ0v) is 5.92. The van der Waals surface area contributed by atoms with Crippen molar-refractivity contribution < 1.29 is 9.90 Å². The van der Waals surface area contributed by atoms with Gasteiger partial charge in [0, 0.05) is 6.54 Å². The highest BCUT2D eigenvalue weighted by atomic mass is 16.4. The van der Waals surface area contributed by atoms with Crippen LogP contribution < -0.4 is 5.73 Å². The minimum atomic E-state index is -0.729. The van der Waals surface area contributed by atoms with E-state index in [-0.39, 0.29) is 5.92 Å². The molecular formula is C7H13NO2. The molecule has 3 nitrogen and oxygen atoms in total. The van der Waals surface area contributed by atoms with Crippen molar-refractivity contribution in [3.05, 3.63) is 0 Å². The Bertz CT molecular complexity index is 132. The molecule has 0 heterocycles. The van der Waals surface area contributed by atoms with Gasteiger partial charge in [-0.2, -0.15) is 0 Å². The second-order valence-corrected chi connectivity index (χ2v) is 2.87. The molecule has 0 aliphatic heterocycles. The third-order valence-electron chi connectivity index (χ3n) is 2.29. The Hall–Kier alpha value is -0.570. The van der Waals surface area contributed by atoms with Crippen molar-refractivity contribution in [2.24, 2.45) is 17.6 Å². The molecule has 3 heteroatoms. The Morgan fingerprint density at radius 3 is 2.40 bits per heavy atom. The predicted molar refractivity (Wildman–Crippen MR) is 37.5 cm³/mol. The fraction of sp³-hybridized carbons (Fsp3) is 0.857. The lowest BCUT2D eigenvalue weighted by molar-refractivity contribution is -0.144. The van der Waals surface area contributed by atoms with E-state index in [0.29, 0.717) is 12.5 Å². The van der Waals surface area contributed by atoms with Crippen LogP contribution in [0.4, 0.5) is 0 Å². The molecule has 1 saturated carbocycles. The zero-order valence-electron chi connectivity index (χ0n) is 5.92. The Balaban J connectivity index is 2.39. The molecule has 3 N–H and O–H groups in total. The molecule has 1 aliphatic rings. The number of carbonyl (C=O) groups is 1. The summed E-state index contributed by atoms with van der Waals surface area (Å²) < 4.78 is 0. The van der Waals surface area contributed by atoms with Crippen LogP contribution in [0.25, 0.3) is 0 Å². The summed E-state index contributed by atoms with van der Waals surface area (Å²) in [6.07, 6.45) is 3.27. The zero-order chi connectivity index (χ0) is 7.56. The molecule has 1 aliphatic carbocycles. The second-order valence-electron chi connectivity index (χ2n) is 2.87. The minimum Gasteiger partial charge on any atom is -0.481 e. The average Bonchev–Trinajstić information content (AvgIpc) is 1.76. The molecule has 0 aromatic rings. The van der Waals surface area contributed by atoms with Crippen LogP contribution in [0.15, 0.2) is 0 Å². The molecule has 1 rings (SSSR count). The van der Waals surface area contributed by atoms with Crippen LogP contribution in [-0.2, 0) is 4.79 Å². The smallest absolute Gasteiger partial charge is 0.308 e. The molecule has 10 heavy (non-hydrogen) atoms. The van der Waals surface area contributed by atoms with Crippen LogP contribution in [0.5, 0.6) is 0 Å². The maximum atomic E-state index is 10.5. The van der Waals surface area contributed by atoms with E-state index >= 15 is 0 Å². The SMILES string of the molecule is NCC(C(=O)O)C1CCC1. The standard InChI is InChI=1S/C7H13NO2/c8-4-6(7(9)10)5-2-1-3-5/h5-6H,1-4,8H2,(H,9,10). The lowest BCUT2D eigenvalue weighted by atomic mass is 9.76. The van der Waals surface area contributed by atoms with E-state index < -0.39 is 5.97 Å². The Morgan fingerprint density at radius 1 is 1.70 bits per heavy atom. The highest BCUT2D eigenvalue weighted by Gasteiger charge is 2.30. The molecule has 0 saturated heterocycles. The third kappa shape index (κ3) is 1.29. The Morgan fingerprint density at radius 2 is 2.30 bits per heavy atom. The number of carboxylic acids is 1. The minimum absolute atomic E-state index is 0.284. The summed E-state index contributed by atoms with van der Waals surface area (Å²) >= 11 is 0. The van der Waals surface area contributed by atoms with E-state index in [1.54, 1.807) is 0 Å². The van der Waals surface area contributed by atoms with Crippen LogP contribution in [-0.4, -0.2) is 17.6 Å². The van der Waals surface area contributed by atoms with Gasteiger partial charge in [-0.05, 0) is 18.8 Å². The van der Waals surface area contributed by atoms with E-state index in [2.05, 4.69) is 0 Å². The van der Waals surface area contributed by atoms with Gasteiger partial charge in [-0.25, -0.2) is 0 Å². The van der Waals surface area contributed by atoms with Gasteiger partial charge in [0.2, 0.25) is 0 Å². The molecule has 0 spiro atoms. The molecule has 1 fully saturated rings. The second kappa shape index (κ2) is 3.01. The van der Waals surface area contributed by atoms with Gasteiger partial charge in [0.1, 0.15) is 0 Å². The highest BCUT2D eigenvalue weighted by Crippen LogP contribution is 2.32. The molecular weight excluding hydrogens is 130 g/mol. The van der Waals surface area contributed by atoms with Crippen LogP contribution in [0.1, 0.15) is 19.3 Å². The van der Waals surface area contributed by atoms with Gasteiger partial charge in [-0.15, -0.1) is 0 Å². The molecule has 1 atom stereocenters. The first-order valence-corrected chi connectivity index (χ1v) is 3.68. The summed E-state index contributed by atoms with van der Waals surface area (Å²) in [4.78, 5) is 10.5. The van der Waals surface area contributed by atoms with E-state index in [1.807, 2.05) is 0 Å². The highest BCUT2D eigenvalue weighted by molar-refractivity contribution is 5.70. The number of hydrogen-bond donors (Lipinski definition) is 2. The van der Waals surface area contributed by atoms with E-state index in [9.17, 15) is 4.79 Å². The van der Waals surface area contributed by atoms with Crippen molar-refractivity contribution in [2.45, 2.75) is 19.3 Å².